The molecule has 0 heterocycles. The summed E-state index contributed by atoms with van der Waals surface area (Å²) in [6.07, 6.45) is 0.578. The minimum absolute atomic E-state index is 0.0289. The first-order valence-corrected chi connectivity index (χ1v) is 6.94. The molecule has 1 fully saturated rings. The Kier molecular flexibility index (Phi) is 7.01. The first-order valence-electron chi connectivity index (χ1n) is 6.94. The lowest BCUT2D eigenvalue weighted by molar-refractivity contribution is -0.274. The van der Waals surface area contributed by atoms with Crippen LogP contribution in [0.25, 0.3) is 0 Å². The zero-order valence-electron chi connectivity index (χ0n) is 12.2. The first-order chi connectivity index (χ1) is 10.3. The van der Waals surface area contributed by atoms with Crippen LogP contribution in [-0.2, 0) is 4.79 Å². The molecule has 0 atom stereocenters. The number of aliphatic carboxylic acids is 1. The number of hydrogen-bond donors (Lipinski definition) is 1. The molecule has 7 heteroatoms. The molecule has 22 heavy (non-hydrogen) atoms. The van der Waals surface area contributed by atoms with E-state index < -0.39 is 12.3 Å². The normalized spacial score (nSPS) is 15.5. The molecule has 1 aliphatic rings. The van der Waals surface area contributed by atoms with E-state index in [1.807, 2.05) is 0 Å². The Balaban J connectivity index is 0.000000235. The van der Waals surface area contributed by atoms with E-state index in [1.165, 1.54) is 31.7 Å². The van der Waals surface area contributed by atoms with E-state index in [-0.39, 0.29) is 11.7 Å². The van der Waals surface area contributed by atoms with Gasteiger partial charge in [0.25, 0.3) is 0 Å². The van der Waals surface area contributed by atoms with E-state index in [4.69, 9.17) is 9.84 Å². The van der Waals surface area contributed by atoms with Crippen molar-refractivity contribution in [3.05, 3.63) is 24.3 Å². The van der Waals surface area contributed by atoms with Gasteiger partial charge in [0.05, 0.1) is 13.0 Å². The molecule has 1 aromatic rings. The summed E-state index contributed by atoms with van der Waals surface area (Å²) in [5, 5.41) is 8.54. The Morgan fingerprint density at radius 3 is 2.23 bits per heavy atom. The molecule has 0 amide bonds. The van der Waals surface area contributed by atoms with Gasteiger partial charge in [-0.05, 0) is 25.0 Å². The minimum Gasteiger partial charge on any atom is -0.497 e. The summed E-state index contributed by atoms with van der Waals surface area (Å²) in [6.45, 7) is 0. The predicted molar refractivity (Wildman–Crippen MR) is 73.9 cm³/mol. The van der Waals surface area contributed by atoms with Crippen LogP contribution < -0.4 is 9.47 Å². The van der Waals surface area contributed by atoms with E-state index in [2.05, 4.69) is 4.74 Å². The minimum atomic E-state index is -4.66. The molecule has 0 bridgehead atoms. The van der Waals surface area contributed by atoms with Crippen LogP contribution in [0.5, 0.6) is 11.5 Å². The number of halogens is 3. The number of ether oxygens (including phenoxy) is 2. The molecule has 0 aliphatic heterocycles. The summed E-state index contributed by atoms with van der Waals surface area (Å²) in [7, 11) is 1.37. The third kappa shape index (κ3) is 7.19. The van der Waals surface area contributed by atoms with Gasteiger partial charge in [-0.3, -0.25) is 4.79 Å². The molecule has 0 aromatic heterocycles. The van der Waals surface area contributed by atoms with Crippen molar-refractivity contribution in [3.8, 4) is 11.5 Å². The van der Waals surface area contributed by atoms with Crippen LogP contribution >= 0.6 is 0 Å². The molecule has 0 radical (unpaired) electrons. The quantitative estimate of drug-likeness (QED) is 0.905. The fourth-order valence-corrected chi connectivity index (χ4v) is 2.15. The average Bonchev–Trinajstić information content (AvgIpc) is 2.47. The Morgan fingerprint density at radius 2 is 1.77 bits per heavy atom. The zero-order valence-corrected chi connectivity index (χ0v) is 12.2. The molecular weight excluding hydrogens is 301 g/mol. The highest BCUT2D eigenvalue weighted by molar-refractivity contribution is 5.69. The highest BCUT2D eigenvalue weighted by atomic mass is 19.4. The number of benzene rings is 1. The van der Waals surface area contributed by atoms with Gasteiger partial charge in [0, 0.05) is 6.07 Å². The number of carboxylic acid groups (broad SMARTS) is 1. The molecule has 0 unspecified atom stereocenters. The molecule has 0 spiro atoms. The molecule has 1 N–H and O–H groups in total. The highest BCUT2D eigenvalue weighted by Gasteiger charge is 2.31. The van der Waals surface area contributed by atoms with Crippen molar-refractivity contribution in [1.82, 2.24) is 0 Å². The molecular formula is C15H19F3O4. The number of hydrogen-bond acceptors (Lipinski definition) is 3. The SMILES string of the molecule is COc1cccc(OC(F)(F)F)c1.O=C(O)C1CCCCC1. The van der Waals surface area contributed by atoms with Crippen LogP contribution in [0.1, 0.15) is 32.1 Å². The zero-order chi connectivity index (χ0) is 16.6. The van der Waals surface area contributed by atoms with Crippen LogP contribution in [0.15, 0.2) is 24.3 Å². The molecule has 124 valence electrons. The average molecular weight is 320 g/mol. The fourth-order valence-electron chi connectivity index (χ4n) is 2.15. The van der Waals surface area contributed by atoms with Crippen LogP contribution in [0.3, 0.4) is 0 Å². The maximum atomic E-state index is 11.7. The van der Waals surface area contributed by atoms with Gasteiger partial charge < -0.3 is 14.6 Å². The largest absolute Gasteiger partial charge is 0.573 e. The van der Waals surface area contributed by atoms with E-state index in [0.717, 1.165) is 31.7 Å². The van der Waals surface area contributed by atoms with Gasteiger partial charge in [0.15, 0.2) is 0 Å². The van der Waals surface area contributed by atoms with Crippen molar-refractivity contribution < 1.29 is 32.5 Å². The second kappa shape index (κ2) is 8.51. The second-order valence-corrected chi connectivity index (χ2v) is 4.90. The highest BCUT2D eigenvalue weighted by Crippen LogP contribution is 2.25. The summed E-state index contributed by atoms with van der Waals surface area (Å²) in [5.74, 6) is -0.595. The summed E-state index contributed by atoms with van der Waals surface area (Å²) in [6, 6.07) is 5.31. The number of methoxy groups -OCH3 is 1. The molecule has 4 nitrogen and oxygen atoms in total. The smallest absolute Gasteiger partial charge is 0.497 e. The van der Waals surface area contributed by atoms with Crippen LogP contribution in [0, 0.1) is 5.92 Å². The number of alkyl halides is 3. The molecule has 1 aromatic carbocycles. The fraction of sp³-hybridized carbons (Fsp3) is 0.533. The lowest BCUT2D eigenvalue weighted by Gasteiger charge is -2.16. The van der Waals surface area contributed by atoms with E-state index in [0.29, 0.717) is 5.75 Å². The predicted octanol–water partition coefficient (Wildman–Crippen LogP) is 4.25. The standard InChI is InChI=1S/C8H7F3O2.C7H12O2/c1-12-6-3-2-4-7(5-6)13-8(9,10)11;8-7(9)6-4-2-1-3-5-6/h2-5H,1H3;6H,1-5H2,(H,8,9). The molecule has 0 saturated heterocycles. The Hall–Kier alpha value is -1.92. The molecule has 1 aliphatic carbocycles. The third-order valence-corrected chi connectivity index (χ3v) is 3.23. The topological polar surface area (TPSA) is 55.8 Å². The lowest BCUT2D eigenvalue weighted by atomic mass is 9.90. The first kappa shape index (κ1) is 18.1. The van der Waals surface area contributed by atoms with Crippen molar-refractivity contribution in [2.75, 3.05) is 7.11 Å². The monoisotopic (exact) mass is 320 g/mol. The maximum Gasteiger partial charge on any atom is 0.573 e. The lowest BCUT2D eigenvalue weighted by Crippen LogP contribution is -2.17. The van der Waals surface area contributed by atoms with Crippen molar-refractivity contribution in [2.45, 2.75) is 38.5 Å². The van der Waals surface area contributed by atoms with Crippen LogP contribution in [0.4, 0.5) is 13.2 Å². The van der Waals surface area contributed by atoms with Gasteiger partial charge in [-0.15, -0.1) is 13.2 Å². The van der Waals surface area contributed by atoms with Crippen molar-refractivity contribution >= 4 is 5.97 Å². The van der Waals surface area contributed by atoms with Gasteiger partial charge in [0.2, 0.25) is 0 Å². The van der Waals surface area contributed by atoms with Gasteiger partial charge in [-0.2, -0.15) is 0 Å². The number of carbonyl (C=O) groups is 1. The Labute approximate surface area is 126 Å². The van der Waals surface area contributed by atoms with Gasteiger partial charge >= 0.3 is 12.3 Å². The number of rotatable bonds is 3. The van der Waals surface area contributed by atoms with Crippen LogP contribution in [-0.4, -0.2) is 24.5 Å². The summed E-state index contributed by atoms with van der Waals surface area (Å²) >= 11 is 0. The van der Waals surface area contributed by atoms with Gasteiger partial charge in [-0.1, -0.05) is 25.3 Å². The second-order valence-electron chi connectivity index (χ2n) is 4.90. The van der Waals surface area contributed by atoms with E-state index in [1.54, 1.807) is 0 Å². The molecule has 1 saturated carbocycles. The summed E-state index contributed by atoms with van der Waals surface area (Å²) in [5.41, 5.74) is 0. The summed E-state index contributed by atoms with van der Waals surface area (Å²) < 4.78 is 43.5. The van der Waals surface area contributed by atoms with Crippen molar-refractivity contribution in [3.63, 3.8) is 0 Å². The third-order valence-electron chi connectivity index (χ3n) is 3.23. The van der Waals surface area contributed by atoms with Crippen LogP contribution in [0.2, 0.25) is 0 Å². The summed E-state index contributed by atoms with van der Waals surface area (Å²) in [4.78, 5) is 10.4. The Morgan fingerprint density at radius 1 is 1.18 bits per heavy atom. The Bertz CT molecular complexity index is 468. The number of carboxylic acids is 1. The van der Waals surface area contributed by atoms with Crippen molar-refractivity contribution in [1.29, 1.82) is 0 Å². The maximum absolute atomic E-state index is 11.7. The van der Waals surface area contributed by atoms with Gasteiger partial charge in [-0.25, -0.2) is 0 Å². The molecule has 2 rings (SSSR count). The van der Waals surface area contributed by atoms with Gasteiger partial charge in [0.1, 0.15) is 11.5 Å². The van der Waals surface area contributed by atoms with E-state index >= 15 is 0 Å². The van der Waals surface area contributed by atoms with Crippen molar-refractivity contribution in [2.24, 2.45) is 5.92 Å². The van der Waals surface area contributed by atoms with E-state index in [9.17, 15) is 18.0 Å².